The molecule has 2 saturated heterocycles. The fourth-order valence-electron chi connectivity index (χ4n) is 3.66. The van der Waals surface area contributed by atoms with Gasteiger partial charge in [0.05, 0.1) is 18.2 Å². The Morgan fingerprint density at radius 2 is 2.24 bits per heavy atom. The van der Waals surface area contributed by atoms with Crippen LogP contribution in [0.2, 0.25) is 0 Å². The lowest BCUT2D eigenvalue weighted by Gasteiger charge is -2.42. The third kappa shape index (κ3) is 2.66. The highest BCUT2D eigenvalue weighted by Gasteiger charge is 2.56. The van der Waals surface area contributed by atoms with Crippen LogP contribution in [0.25, 0.3) is 0 Å². The van der Waals surface area contributed by atoms with Crippen molar-refractivity contribution in [1.29, 1.82) is 0 Å². The first-order valence-electron chi connectivity index (χ1n) is 7.31. The molecule has 1 amide bonds. The predicted octanol–water partition coefficient (Wildman–Crippen LogP) is 1.49. The van der Waals surface area contributed by atoms with Gasteiger partial charge in [0.1, 0.15) is 0 Å². The quantitative estimate of drug-likeness (QED) is 0.920. The second-order valence-electron chi connectivity index (χ2n) is 6.20. The normalized spacial score (nSPS) is 29.5. The topological polar surface area (TPSA) is 52.2 Å². The highest BCUT2D eigenvalue weighted by Crippen LogP contribution is 2.45. The molecule has 1 aromatic rings. The summed E-state index contributed by atoms with van der Waals surface area (Å²) in [7, 11) is 0. The third-order valence-electron chi connectivity index (χ3n) is 4.52. The molecule has 2 fully saturated rings. The van der Waals surface area contributed by atoms with Gasteiger partial charge in [-0.05, 0) is 13.3 Å². The van der Waals surface area contributed by atoms with E-state index in [0.29, 0.717) is 32.6 Å². The number of halogens is 2. The molecular weight excluding hydrogens is 278 g/mol. The van der Waals surface area contributed by atoms with E-state index in [1.807, 2.05) is 6.92 Å². The van der Waals surface area contributed by atoms with Crippen molar-refractivity contribution in [3.05, 3.63) is 18.0 Å². The molecule has 0 aliphatic carbocycles. The van der Waals surface area contributed by atoms with Crippen LogP contribution in [0.3, 0.4) is 0 Å². The second kappa shape index (κ2) is 5.05. The van der Waals surface area contributed by atoms with Crippen molar-refractivity contribution in [2.45, 2.75) is 32.2 Å². The van der Waals surface area contributed by atoms with Crippen LogP contribution in [-0.4, -0.2) is 58.0 Å². The Kier molecular flexibility index (Phi) is 3.47. The van der Waals surface area contributed by atoms with Crippen molar-refractivity contribution >= 4 is 5.91 Å². The minimum atomic E-state index is -2.82. The minimum Gasteiger partial charge on any atom is -0.342 e. The van der Waals surface area contributed by atoms with Crippen molar-refractivity contribution in [1.82, 2.24) is 20.0 Å². The van der Waals surface area contributed by atoms with Gasteiger partial charge in [0.25, 0.3) is 5.92 Å². The van der Waals surface area contributed by atoms with Gasteiger partial charge in [-0.2, -0.15) is 5.10 Å². The van der Waals surface area contributed by atoms with Crippen molar-refractivity contribution < 1.29 is 13.6 Å². The number of nitrogens with zero attached hydrogens (tertiary/aromatic N) is 3. The molecule has 5 nitrogen and oxygen atoms in total. The Balaban J connectivity index is 1.80. The van der Waals surface area contributed by atoms with Crippen LogP contribution in [-0.2, 0) is 11.3 Å². The number of likely N-dealkylation sites (tertiary alicyclic amines) is 2. The van der Waals surface area contributed by atoms with Crippen molar-refractivity contribution in [3.8, 4) is 0 Å². The van der Waals surface area contributed by atoms with Crippen molar-refractivity contribution in [3.63, 3.8) is 0 Å². The molecule has 7 heteroatoms. The van der Waals surface area contributed by atoms with Crippen LogP contribution >= 0.6 is 0 Å². The Bertz CT molecular complexity index is 519. The number of amides is 1. The zero-order valence-corrected chi connectivity index (χ0v) is 12.1. The first kappa shape index (κ1) is 14.4. The molecule has 0 bridgehead atoms. The number of carbonyl (C=O) groups is 1. The van der Waals surface area contributed by atoms with E-state index in [1.54, 1.807) is 22.2 Å². The third-order valence-corrected chi connectivity index (χ3v) is 4.52. The molecule has 3 heterocycles. The monoisotopic (exact) mass is 298 g/mol. The maximum atomic E-state index is 14.1. The Morgan fingerprint density at radius 1 is 1.43 bits per heavy atom. The smallest absolute Gasteiger partial charge is 0.261 e. The summed E-state index contributed by atoms with van der Waals surface area (Å²) in [5.41, 5.74) is -0.0535. The van der Waals surface area contributed by atoms with Gasteiger partial charge in [0.2, 0.25) is 5.91 Å². The van der Waals surface area contributed by atoms with Crippen LogP contribution in [0, 0.1) is 5.41 Å². The summed E-state index contributed by atoms with van der Waals surface area (Å²) in [6.07, 6.45) is 3.54. The Hall–Kier alpha value is -1.50. The standard InChI is InChI=1S/C14H20F2N4O/c1-2-20-4-3-13(12(20)21)8-14(15,16)10-19(9-13)7-11-5-17-18-6-11/h5-6H,2-4,7-10H2,1H3,(H,17,18)/t13-/m0/s1. The van der Waals surface area contributed by atoms with Crippen molar-refractivity contribution in [2.24, 2.45) is 5.41 Å². The number of hydrogen-bond donors (Lipinski definition) is 1. The highest BCUT2D eigenvalue weighted by atomic mass is 19.3. The van der Waals surface area contributed by atoms with Crippen LogP contribution in [0.4, 0.5) is 8.78 Å². The molecule has 0 aromatic carbocycles. The molecule has 21 heavy (non-hydrogen) atoms. The Morgan fingerprint density at radius 3 is 2.86 bits per heavy atom. The number of alkyl halides is 2. The lowest BCUT2D eigenvalue weighted by atomic mass is 9.77. The van der Waals surface area contributed by atoms with Crippen LogP contribution in [0.1, 0.15) is 25.3 Å². The van der Waals surface area contributed by atoms with Gasteiger partial charge in [-0.3, -0.25) is 14.8 Å². The van der Waals surface area contributed by atoms with E-state index in [9.17, 15) is 13.6 Å². The maximum absolute atomic E-state index is 14.1. The minimum absolute atomic E-state index is 0.110. The fourth-order valence-corrected chi connectivity index (χ4v) is 3.66. The van der Waals surface area contributed by atoms with Gasteiger partial charge >= 0.3 is 0 Å². The van der Waals surface area contributed by atoms with Crippen LogP contribution in [0.5, 0.6) is 0 Å². The van der Waals surface area contributed by atoms with Gasteiger partial charge in [-0.1, -0.05) is 0 Å². The predicted molar refractivity (Wildman–Crippen MR) is 72.7 cm³/mol. The number of H-pyrrole nitrogens is 1. The van der Waals surface area contributed by atoms with Crippen LogP contribution in [0.15, 0.2) is 12.4 Å². The molecule has 0 saturated carbocycles. The van der Waals surface area contributed by atoms with Gasteiger partial charge in [-0.15, -0.1) is 0 Å². The average Bonchev–Trinajstić information content (AvgIpc) is 2.98. The number of aromatic nitrogens is 2. The van der Waals surface area contributed by atoms with E-state index in [4.69, 9.17) is 0 Å². The number of piperidine rings is 1. The summed E-state index contributed by atoms with van der Waals surface area (Å²) in [5, 5.41) is 6.53. The van der Waals surface area contributed by atoms with E-state index >= 15 is 0 Å². The Labute approximate surface area is 122 Å². The summed E-state index contributed by atoms with van der Waals surface area (Å²) >= 11 is 0. The average molecular weight is 298 g/mol. The molecule has 0 radical (unpaired) electrons. The molecule has 3 rings (SSSR count). The molecule has 1 spiro atoms. The summed E-state index contributed by atoms with van der Waals surface area (Å²) in [6.45, 7) is 3.58. The van der Waals surface area contributed by atoms with E-state index in [0.717, 1.165) is 5.56 Å². The summed E-state index contributed by atoms with van der Waals surface area (Å²) in [6, 6.07) is 0. The largest absolute Gasteiger partial charge is 0.342 e. The number of carbonyl (C=O) groups excluding carboxylic acids is 1. The first-order valence-corrected chi connectivity index (χ1v) is 7.31. The van der Waals surface area contributed by atoms with E-state index in [1.165, 1.54) is 0 Å². The van der Waals surface area contributed by atoms with Gasteiger partial charge < -0.3 is 4.90 Å². The zero-order valence-electron chi connectivity index (χ0n) is 12.1. The lowest BCUT2D eigenvalue weighted by molar-refractivity contribution is -0.155. The molecule has 2 aliphatic heterocycles. The summed E-state index contributed by atoms with van der Waals surface area (Å²) in [5.74, 6) is -2.93. The van der Waals surface area contributed by atoms with E-state index in [-0.39, 0.29) is 18.9 Å². The molecular formula is C14H20F2N4O. The molecule has 116 valence electrons. The van der Waals surface area contributed by atoms with Gasteiger partial charge in [0.15, 0.2) is 0 Å². The number of rotatable bonds is 3. The SMILES string of the molecule is CCN1CC[C@]2(CN(Cc3cn[nH]c3)CC(F)(F)C2)C1=O. The van der Waals surface area contributed by atoms with Gasteiger partial charge in [-0.25, -0.2) is 8.78 Å². The summed E-state index contributed by atoms with van der Waals surface area (Å²) < 4.78 is 28.3. The molecule has 1 aromatic heterocycles. The molecule has 2 aliphatic rings. The molecule has 1 N–H and O–H groups in total. The molecule has 0 unspecified atom stereocenters. The van der Waals surface area contributed by atoms with Crippen molar-refractivity contribution in [2.75, 3.05) is 26.2 Å². The van der Waals surface area contributed by atoms with E-state index in [2.05, 4.69) is 10.2 Å². The number of hydrogen-bond acceptors (Lipinski definition) is 3. The van der Waals surface area contributed by atoms with Gasteiger partial charge in [0, 0.05) is 44.4 Å². The fraction of sp³-hybridized carbons (Fsp3) is 0.714. The number of aromatic amines is 1. The highest BCUT2D eigenvalue weighted by molar-refractivity contribution is 5.85. The maximum Gasteiger partial charge on any atom is 0.261 e. The molecule has 1 atom stereocenters. The van der Waals surface area contributed by atoms with Crippen LogP contribution < -0.4 is 0 Å². The second-order valence-corrected chi connectivity index (χ2v) is 6.20. The zero-order chi connectivity index (χ0) is 15.1. The number of nitrogens with one attached hydrogen (secondary N) is 1. The van der Waals surface area contributed by atoms with E-state index < -0.39 is 11.3 Å². The lowest BCUT2D eigenvalue weighted by Crippen LogP contribution is -2.55. The first-order chi connectivity index (χ1) is 9.94. The summed E-state index contributed by atoms with van der Waals surface area (Å²) in [4.78, 5) is 15.9.